The normalized spacial score (nSPS) is 10.5. The van der Waals surface area contributed by atoms with Crippen LogP contribution >= 0.6 is 23.2 Å². The monoisotopic (exact) mass is 295 g/mol. The Morgan fingerprint density at radius 1 is 1.26 bits per heavy atom. The molecule has 0 atom stereocenters. The van der Waals surface area contributed by atoms with E-state index < -0.39 is 0 Å². The first kappa shape index (κ1) is 14.1. The minimum absolute atomic E-state index is 0.593. The van der Waals surface area contributed by atoms with E-state index in [1.807, 2.05) is 19.1 Å². The number of hydrogen-bond acceptors (Lipinski definition) is 3. The summed E-state index contributed by atoms with van der Waals surface area (Å²) in [6.45, 7) is 4.90. The first-order chi connectivity index (χ1) is 9.11. The summed E-state index contributed by atoms with van der Waals surface area (Å²) in [7, 11) is 0. The Balaban J connectivity index is 2.42. The SMILES string of the molecule is CCCNc1ncc(C)c(-c2ccc(Cl)cc2Cl)n1. The van der Waals surface area contributed by atoms with Gasteiger partial charge in [-0.25, -0.2) is 9.97 Å². The summed E-state index contributed by atoms with van der Waals surface area (Å²) in [4.78, 5) is 8.78. The van der Waals surface area contributed by atoms with Gasteiger partial charge in [0.05, 0.1) is 10.7 Å². The predicted molar refractivity (Wildman–Crippen MR) is 81.0 cm³/mol. The fourth-order valence-electron chi connectivity index (χ4n) is 1.72. The topological polar surface area (TPSA) is 37.8 Å². The summed E-state index contributed by atoms with van der Waals surface area (Å²) in [6.07, 6.45) is 2.82. The lowest BCUT2D eigenvalue weighted by Gasteiger charge is -2.10. The Hall–Kier alpha value is -1.32. The molecule has 3 nitrogen and oxygen atoms in total. The molecule has 0 bridgehead atoms. The van der Waals surface area contributed by atoms with Gasteiger partial charge in [-0.15, -0.1) is 0 Å². The second kappa shape index (κ2) is 6.22. The summed E-state index contributed by atoms with van der Waals surface area (Å²) in [5.41, 5.74) is 2.67. The van der Waals surface area contributed by atoms with E-state index in [2.05, 4.69) is 22.2 Å². The molecular weight excluding hydrogens is 281 g/mol. The van der Waals surface area contributed by atoms with Crippen LogP contribution in [0.5, 0.6) is 0 Å². The van der Waals surface area contributed by atoms with E-state index in [0.29, 0.717) is 16.0 Å². The van der Waals surface area contributed by atoms with Crippen LogP contribution in [0.15, 0.2) is 24.4 Å². The predicted octanol–water partition coefficient (Wildman–Crippen LogP) is 4.58. The summed E-state index contributed by atoms with van der Waals surface area (Å²) in [6, 6.07) is 5.41. The van der Waals surface area contributed by atoms with Gasteiger partial charge in [0.25, 0.3) is 0 Å². The van der Waals surface area contributed by atoms with Crippen molar-refractivity contribution in [2.75, 3.05) is 11.9 Å². The largest absolute Gasteiger partial charge is 0.354 e. The van der Waals surface area contributed by atoms with Gasteiger partial charge in [-0.2, -0.15) is 0 Å². The maximum atomic E-state index is 6.23. The molecule has 0 spiro atoms. The quantitative estimate of drug-likeness (QED) is 0.897. The lowest BCUT2D eigenvalue weighted by molar-refractivity contribution is 0.951. The fraction of sp³-hybridized carbons (Fsp3) is 0.286. The van der Waals surface area contributed by atoms with Gasteiger partial charge < -0.3 is 5.32 Å². The second-order valence-electron chi connectivity index (χ2n) is 4.28. The molecular formula is C14H15Cl2N3. The van der Waals surface area contributed by atoms with E-state index in [1.165, 1.54) is 0 Å². The van der Waals surface area contributed by atoms with E-state index in [9.17, 15) is 0 Å². The molecule has 2 rings (SSSR count). The van der Waals surface area contributed by atoms with Crippen LogP contribution < -0.4 is 5.32 Å². The minimum atomic E-state index is 0.593. The standard InChI is InChI=1S/C14H15Cl2N3/c1-3-6-17-14-18-8-9(2)13(19-14)11-5-4-10(15)7-12(11)16/h4-5,7-8H,3,6H2,1-2H3,(H,17,18,19). The molecule has 5 heteroatoms. The highest BCUT2D eigenvalue weighted by atomic mass is 35.5. The number of anilines is 1. The van der Waals surface area contributed by atoms with E-state index in [4.69, 9.17) is 23.2 Å². The molecule has 1 aromatic carbocycles. The van der Waals surface area contributed by atoms with Crippen molar-refractivity contribution in [3.05, 3.63) is 40.0 Å². The van der Waals surface area contributed by atoms with Crippen molar-refractivity contribution < 1.29 is 0 Å². The molecule has 0 unspecified atom stereocenters. The highest BCUT2D eigenvalue weighted by Crippen LogP contribution is 2.31. The zero-order valence-corrected chi connectivity index (χ0v) is 12.4. The van der Waals surface area contributed by atoms with Crippen molar-refractivity contribution >= 4 is 29.2 Å². The van der Waals surface area contributed by atoms with Crippen LogP contribution in [0.4, 0.5) is 5.95 Å². The van der Waals surface area contributed by atoms with Crippen molar-refractivity contribution in [2.45, 2.75) is 20.3 Å². The first-order valence-electron chi connectivity index (χ1n) is 6.14. The molecule has 2 aromatic rings. The van der Waals surface area contributed by atoms with Crippen molar-refractivity contribution in [1.29, 1.82) is 0 Å². The summed E-state index contributed by atoms with van der Waals surface area (Å²) < 4.78 is 0. The molecule has 0 radical (unpaired) electrons. The number of benzene rings is 1. The van der Waals surface area contributed by atoms with E-state index in [-0.39, 0.29) is 0 Å². The average Bonchev–Trinajstić information content (AvgIpc) is 2.38. The van der Waals surface area contributed by atoms with E-state index in [1.54, 1.807) is 12.3 Å². The van der Waals surface area contributed by atoms with E-state index in [0.717, 1.165) is 29.8 Å². The Labute approximate surface area is 123 Å². The number of hydrogen-bond donors (Lipinski definition) is 1. The lowest BCUT2D eigenvalue weighted by Crippen LogP contribution is -2.05. The highest BCUT2D eigenvalue weighted by molar-refractivity contribution is 6.36. The maximum Gasteiger partial charge on any atom is 0.223 e. The molecule has 0 saturated carbocycles. The number of nitrogens with one attached hydrogen (secondary N) is 1. The number of aromatic nitrogens is 2. The molecule has 0 aliphatic carbocycles. The first-order valence-corrected chi connectivity index (χ1v) is 6.90. The van der Waals surface area contributed by atoms with Crippen LogP contribution in [0.2, 0.25) is 10.0 Å². The zero-order chi connectivity index (χ0) is 13.8. The molecule has 100 valence electrons. The number of rotatable bonds is 4. The Morgan fingerprint density at radius 2 is 2.05 bits per heavy atom. The van der Waals surface area contributed by atoms with Crippen molar-refractivity contribution in [3.63, 3.8) is 0 Å². The van der Waals surface area contributed by atoms with Crippen LogP contribution in [0, 0.1) is 6.92 Å². The zero-order valence-electron chi connectivity index (χ0n) is 10.9. The maximum absolute atomic E-state index is 6.23. The number of aryl methyl sites for hydroxylation is 1. The molecule has 0 aliphatic rings. The molecule has 0 aliphatic heterocycles. The summed E-state index contributed by atoms with van der Waals surface area (Å²) in [5.74, 6) is 0.619. The van der Waals surface area contributed by atoms with Gasteiger partial charge in [0.2, 0.25) is 5.95 Å². The summed E-state index contributed by atoms with van der Waals surface area (Å²) >= 11 is 12.1. The van der Waals surface area contributed by atoms with Crippen LogP contribution in [0.3, 0.4) is 0 Å². The van der Waals surface area contributed by atoms with Crippen molar-refractivity contribution in [1.82, 2.24) is 9.97 Å². The molecule has 0 amide bonds. The molecule has 0 saturated heterocycles. The lowest BCUT2D eigenvalue weighted by atomic mass is 10.1. The van der Waals surface area contributed by atoms with Crippen molar-refractivity contribution in [3.8, 4) is 11.3 Å². The third kappa shape index (κ3) is 3.37. The molecule has 1 N–H and O–H groups in total. The van der Waals surface area contributed by atoms with Gasteiger partial charge in [-0.3, -0.25) is 0 Å². The summed E-state index contributed by atoms with van der Waals surface area (Å²) in [5, 5.41) is 4.38. The van der Waals surface area contributed by atoms with E-state index >= 15 is 0 Å². The minimum Gasteiger partial charge on any atom is -0.354 e. The average molecular weight is 296 g/mol. The molecule has 1 aromatic heterocycles. The van der Waals surface area contributed by atoms with Gasteiger partial charge >= 0.3 is 0 Å². The molecule has 1 heterocycles. The Bertz CT molecular complexity index is 585. The van der Waals surface area contributed by atoms with Crippen molar-refractivity contribution in [2.24, 2.45) is 0 Å². The Morgan fingerprint density at radius 3 is 2.74 bits per heavy atom. The molecule has 19 heavy (non-hydrogen) atoms. The number of halogens is 2. The van der Waals surface area contributed by atoms with Crippen LogP contribution in [-0.4, -0.2) is 16.5 Å². The Kier molecular flexibility index (Phi) is 4.61. The highest BCUT2D eigenvalue weighted by Gasteiger charge is 2.10. The van der Waals surface area contributed by atoms with Gasteiger partial charge in [0.15, 0.2) is 0 Å². The van der Waals surface area contributed by atoms with Gasteiger partial charge in [0, 0.05) is 23.3 Å². The molecule has 0 fully saturated rings. The van der Waals surface area contributed by atoms with Crippen LogP contribution in [0.25, 0.3) is 11.3 Å². The van der Waals surface area contributed by atoms with Gasteiger partial charge in [-0.05, 0) is 37.1 Å². The number of nitrogens with zero attached hydrogens (tertiary/aromatic N) is 2. The van der Waals surface area contributed by atoms with Crippen LogP contribution in [-0.2, 0) is 0 Å². The smallest absolute Gasteiger partial charge is 0.223 e. The third-order valence-electron chi connectivity index (χ3n) is 2.69. The van der Waals surface area contributed by atoms with Gasteiger partial charge in [0.1, 0.15) is 0 Å². The van der Waals surface area contributed by atoms with Gasteiger partial charge in [-0.1, -0.05) is 30.1 Å². The van der Waals surface area contributed by atoms with Crippen LogP contribution in [0.1, 0.15) is 18.9 Å². The third-order valence-corrected chi connectivity index (χ3v) is 3.24. The second-order valence-corrected chi connectivity index (χ2v) is 5.12. The fourth-order valence-corrected chi connectivity index (χ4v) is 2.22.